The van der Waals surface area contributed by atoms with Crippen LogP contribution >= 0.6 is 0 Å². The Hall–Kier alpha value is -2.95. The van der Waals surface area contributed by atoms with E-state index in [0.717, 1.165) is 4.90 Å². The van der Waals surface area contributed by atoms with Crippen molar-refractivity contribution in [1.29, 1.82) is 0 Å². The number of hydrogen-bond donors (Lipinski definition) is 9. The summed E-state index contributed by atoms with van der Waals surface area (Å²) in [4.78, 5) is 61.5. The van der Waals surface area contributed by atoms with Crippen molar-refractivity contribution in [3.8, 4) is 0 Å². The first-order valence-corrected chi connectivity index (χ1v) is 14.4. The Bertz CT molecular complexity index is 925. The maximum absolute atomic E-state index is 13.0. The van der Waals surface area contributed by atoms with Gasteiger partial charge in [-0.3, -0.25) is 39.7 Å². The van der Waals surface area contributed by atoms with Gasteiger partial charge in [0.2, 0.25) is 17.7 Å². The molecular formula is C26H46N10O5. The molecule has 0 aromatic carbocycles. The molecule has 41 heavy (non-hydrogen) atoms. The number of amides is 5. The molecule has 0 aromatic heterocycles. The van der Waals surface area contributed by atoms with Gasteiger partial charge in [-0.25, -0.2) is 0 Å². The predicted octanol–water partition coefficient (Wildman–Crippen LogP) is -4.20. The van der Waals surface area contributed by atoms with E-state index in [1.807, 2.05) is 0 Å². The molecule has 15 nitrogen and oxygen atoms in total. The molecule has 0 unspecified atom stereocenters. The maximum Gasteiger partial charge on any atom is 0.253 e. The predicted molar refractivity (Wildman–Crippen MR) is 152 cm³/mol. The third kappa shape index (κ3) is 11.1. The summed E-state index contributed by atoms with van der Waals surface area (Å²) in [6.45, 7) is 8.04. The number of carbonyl (C=O) groups excluding carboxylic acids is 5. The van der Waals surface area contributed by atoms with E-state index in [2.05, 4.69) is 48.1 Å². The van der Waals surface area contributed by atoms with Crippen LogP contribution in [0.4, 0.5) is 0 Å². The molecule has 9 N–H and O–H groups in total. The highest BCUT2D eigenvalue weighted by molar-refractivity contribution is 6.12. The van der Waals surface area contributed by atoms with Crippen LogP contribution in [0.3, 0.4) is 0 Å². The zero-order chi connectivity index (χ0) is 29.6. The first kappa shape index (κ1) is 32.6. The topological polar surface area (TPSA) is 197 Å². The van der Waals surface area contributed by atoms with Crippen molar-refractivity contribution in [1.82, 2.24) is 53.0 Å². The summed E-state index contributed by atoms with van der Waals surface area (Å²) in [5.41, 5.74) is 5.33. The molecule has 3 heterocycles. The molecule has 3 rings (SSSR count). The molecule has 0 atom stereocenters. The minimum atomic E-state index is -0.638. The summed E-state index contributed by atoms with van der Waals surface area (Å²) in [6, 6.07) is 0. The zero-order valence-electron chi connectivity index (χ0n) is 24.0. The molecule has 0 spiro atoms. The summed E-state index contributed by atoms with van der Waals surface area (Å²) in [6.07, 6.45) is 3.72. The van der Waals surface area contributed by atoms with Crippen LogP contribution in [0, 0.1) is 0 Å². The monoisotopic (exact) mass is 578 g/mol. The Balaban J connectivity index is 1.47. The molecule has 0 aliphatic carbocycles. The minimum Gasteiger partial charge on any atom is -0.356 e. The molecule has 5 amide bonds. The van der Waals surface area contributed by atoms with Gasteiger partial charge in [0.1, 0.15) is 0 Å². The van der Waals surface area contributed by atoms with Crippen molar-refractivity contribution < 1.29 is 24.0 Å². The highest BCUT2D eigenvalue weighted by Gasteiger charge is 2.34. The SMILES string of the molecule is CC(=O)NC12CNCCNCC(NC(=O)CCCC(=O)NCCCN3C(=O)C=CC3=O)(CNCCNC1)CNNC2. The molecule has 3 aliphatic rings. The molecule has 2 bridgehead atoms. The smallest absolute Gasteiger partial charge is 0.253 e. The van der Waals surface area contributed by atoms with Gasteiger partial charge in [-0.2, -0.15) is 0 Å². The number of nitrogens with zero attached hydrogens (tertiary/aromatic N) is 1. The van der Waals surface area contributed by atoms with Gasteiger partial charge in [-0.15, -0.1) is 0 Å². The maximum atomic E-state index is 13.0. The third-order valence-electron chi connectivity index (χ3n) is 7.22. The van der Waals surface area contributed by atoms with Gasteiger partial charge in [0, 0.05) is 110 Å². The van der Waals surface area contributed by atoms with Gasteiger partial charge in [0.25, 0.3) is 11.8 Å². The summed E-state index contributed by atoms with van der Waals surface area (Å²) in [5.74, 6) is -1.10. The van der Waals surface area contributed by atoms with Gasteiger partial charge in [0.15, 0.2) is 0 Å². The lowest BCUT2D eigenvalue weighted by atomic mass is 9.96. The Morgan fingerprint density at radius 1 is 0.732 bits per heavy atom. The molecule has 2 fully saturated rings. The van der Waals surface area contributed by atoms with E-state index in [0.29, 0.717) is 84.8 Å². The van der Waals surface area contributed by atoms with Gasteiger partial charge in [-0.05, 0) is 12.8 Å². The first-order valence-electron chi connectivity index (χ1n) is 14.4. The van der Waals surface area contributed by atoms with E-state index in [-0.39, 0.29) is 48.9 Å². The number of imide groups is 1. The third-order valence-corrected chi connectivity index (χ3v) is 7.22. The highest BCUT2D eigenvalue weighted by atomic mass is 16.2. The average Bonchev–Trinajstić information content (AvgIpc) is 3.23. The lowest BCUT2D eigenvalue weighted by Crippen LogP contribution is -2.70. The number of hydrazine groups is 1. The molecule has 0 saturated carbocycles. The Morgan fingerprint density at radius 3 is 1.73 bits per heavy atom. The van der Waals surface area contributed by atoms with Gasteiger partial charge in [-0.1, -0.05) is 0 Å². The van der Waals surface area contributed by atoms with Crippen LogP contribution in [0.1, 0.15) is 32.6 Å². The lowest BCUT2D eigenvalue weighted by molar-refractivity contribution is -0.136. The molecule has 15 heteroatoms. The highest BCUT2D eigenvalue weighted by Crippen LogP contribution is 2.08. The van der Waals surface area contributed by atoms with Crippen molar-refractivity contribution in [2.75, 3.05) is 78.5 Å². The molecule has 2 saturated heterocycles. The molecular weight excluding hydrogens is 532 g/mol. The Labute approximate surface area is 241 Å². The molecule has 0 radical (unpaired) electrons. The van der Waals surface area contributed by atoms with Crippen LogP contribution in [0.2, 0.25) is 0 Å². The summed E-state index contributed by atoms with van der Waals surface area (Å²) >= 11 is 0. The Morgan fingerprint density at radius 2 is 1.22 bits per heavy atom. The van der Waals surface area contributed by atoms with Crippen LogP contribution in [0.25, 0.3) is 0 Å². The number of fused-ring (bicyclic) bond motifs is 5. The van der Waals surface area contributed by atoms with Crippen molar-refractivity contribution in [2.45, 2.75) is 43.7 Å². The minimum absolute atomic E-state index is 0.103. The molecule has 230 valence electrons. The quantitative estimate of drug-likeness (QED) is 0.0900. The fourth-order valence-electron chi connectivity index (χ4n) is 5.11. The second-order valence-electron chi connectivity index (χ2n) is 10.9. The Kier molecular flexibility index (Phi) is 13.1. The van der Waals surface area contributed by atoms with E-state index in [9.17, 15) is 24.0 Å². The second-order valence-corrected chi connectivity index (χ2v) is 10.9. The van der Waals surface area contributed by atoms with Gasteiger partial charge in [0.05, 0.1) is 11.1 Å². The second kappa shape index (κ2) is 16.5. The number of hydrogen-bond acceptors (Lipinski definition) is 11. The fraction of sp³-hybridized carbons (Fsp3) is 0.731. The largest absolute Gasteiger partial charge is 0.356 e. The molecule has 0 aromatic rings. The zero-order valence-corrected chi connectivity index (χ0v) is 24.0. The van der Waals surface area contributed by atoms with Crippen molar-refractivity contribution in [3.63, 3.8) is 0 Å². The summed E-state index contributed by atoms with van der Waals surface area (Å²) in [7, 11) is 0. The van der Waals surface area contributed by atoms with Crippen LogP contribution in [-0.2, 0) is 24.0 Å². The van der Waals surface area contributed by atoms with E-state index in [4.69, 9.17) is 0 Å². The van der Waals surface area contributed by atoms with Gasteiger partial charge >= 0.3 is 0 Å². The van der Waals surface area contributed by atoms with E-state index < -0.39 is 11.1 Å². The van der Waals surface area contributed by atoms with Crippen LogP contribution in [-0.4, -0.2) is 124 Å². The van der Waals surface area contributed by atoms with Crippen molar-refractivity contribution >= 4 is 29.5 Å². The van der Waals surface area contributed by atoms with Crippen molar-refractivity contribution in [3.05, 3.63) is 12.2 Å². The number of nitrogens with one attached hydrogen (secondary N) is 9. The lowest BCUT2D eigenvalue weighted by Gasteiger charge is -2.40. The molecule has 3 aliphatic heterocycles. The number of carbonyl (C=O) groups is 5. The number of rotatable bonds is 10. The fourth-order valence-corrected chi connectivity index (χ4v) is 5.11. The van der Waals surface area contributed by atoms with Gasteiger partial charge < -0.3 is 37.2 Å². The van der Waals surface area contributed by atoms with Crippen LogP contribution in [0.15, 0.2) is 12.2 Å². The first-order chi connectivity index (χ1) is 19.7. The van der Waals surface area contributed by atoms with E-state index in [1.54, 1.807) is 0 Å². The normalized spacial score (nSPS) is 26.1. The van der Waals surface area contributed by atoms with Crippen LogP contribution < -0.4 is 48.1 Å². The van der Waals surface area contributed by atoms with E-state index >= 15 is 0 Å². The van der Waals surface area contributed by atoms with E-state index in [1.165, 1.54) is 19.1 Å². The van der Waals surface area contributed by atoms with Crippen molar-refractivity contribution in [2.24, 2.45) is 0 Å². The standard InChI is InChI=1S/C26H46N10O5/c1-20(37)34-25-14-27-9-11-29-16-26(19-33-32-18-25,17-30-12-10-28-15-25)35-22(39)5-2-4-21(38)31-8-3-13-36-23(40)6-7-24(36)41/h6-7,27-30,32-33H,2-5,8-19H2,1H3,(H,31,38)(H,34,37)(H,35,39). The summed E-state index contributed by atoms with van der Waals surface area (Å²) in [5, 5.41) is 22.8. The summed E-state index contributed by atoms with van der Waals surface area (Å²) < 4.78 is 0. The average molecular weight is 579 g/mol. The van der Waals surface area contributed by atoms with Crippen LogP contribution in [0.5, 0.6) is 0 Å².